The van der Waals surface area contributed by atoms with Crippen LogP contribution in [0.25, 0.3) is 0 Å². The van der Waals surface area contributed by atoms with E-state index in [2.05, 4.69) is 26.6 Å². The van der Waals surface area contributed by atoms with Crippen molar-refractivity contribution in [3.05, 3.63) is 34.3 Å². The zero-order valence-electron chi connectivity index (χ0n) is 9.13. The number of rotatable bonds is 5. The van der Waals surface area contributed by atoms with Gasteiger partial charge in [0, 0.05) is 17.6 Å². The first kappa shape index (κ1) is 15.4. The summed E-state index contributed by atoms with van der Waals surface area (Å²) >= 11 is 3.41. The molecule has 0 spiro atoms. The Bertz CT molecular complexity index is 334. The lowest BCUT2D eigenvalue weighted by molar-refractivity contribution is -0.120. The predicted octanol–water partition coefficient (Wildman–Crippen LogP) is 1.75. The van der Waals surface area contributed by atoms with Gasteiger partial charge in [-0.05, 0) is 18.7 Å². The zero-order chi connectivity index (χ0) is 11.1. The predicted molar refractivity (Wildman–Crippen MR) is 72.0 cm³/mol. The van der Waals surface area contributed by atoms with Crippen molar-refractivity contribution in [1.29, 1.82) is 0 Å². The second kappa shape index (κ2) is 8.56. The monoisotopic (exact) mass is 306 g/mol. The Hall–Kier alpha value is -0.580. The summed E-state index contributed by atoms with van der Waals surface area (Å²) in [5.41, 5.74) is 1.01. The van der Waals surface area contributed by atoms with Gasteiger partial charge in [0.05, 0.1) is 6.42 Å². The van der Waals surface area contributed by atoms with Gasteiger partial charge in [-0.15, -0.1) is 12.4 Å². The van der Waals surface area contributed by atoms with Crippen molar-refractivity contribution in [3.8, 4) is 0 Å². The van der Waals surface area contributed by atoms with Gasteiger partial charge >= 0.3 is 0 Å². The van der Waals surface area contributed by atoms with E-state index in [1.165, 1.54) is 0 Å². The lowest BCUT2D eigenvalue weighted by Gasteiger charge is -2.06. The number of amides is 1. The molecule has 0 aliphatic rings. The summed E-state index contributed by atoms with van der Waals surface area (Å²) in [6.45, 7) is 1.46. The van der Waals surface area contributed by atoms with Gasteiger partial charge in [-0.25, -0.2) is 0 Å². The molecule has 1 rings (SSSR count). The van der Waals surface area contributed by atoms with Gasteiger partial charge < -0.3 is 10.6 Å². The van der Waals surface area contributed by atoms with Gasteiger partial charge in [-0.1, -0.05) is 34.1 Å². The summed E-state index contributed by atoms with van der Waals surface area (Å²) in [5, 5.41) is 5.81. The molecule has 90 valence electrons. The number of hydrogen-bond donors (Lipinski definition) is 2. The number of carbonyl (C=O) groups is 1. The molecule has 0 radical (unpaired) electrons. The van der Waals surface area contributed by atoms with Crippen LogP contribution in [0.1, 0.15) is 5.56 Å². The molecule has 3 nitrogen and oxygen atoms in total. The Balaban J connectivity index is 0.00000225. The topological polar surface area (TPSA) is 41.1 Å². The highest BCUT2D eigenvalue weighted by Crippen LogP contribution is 2.15. The lowest BCUT2D eigenvalue weighted by atomic mass is 10.1. The minimum Gasteiger partial charge on any atom is -0.355 e. The van der Waals surface area contributed by atoms with Gasteiger partial charge in [0.25, 0.3) is 0 Å². The molecule has 0 atom stereocenters. The molecule has 0 saturated carbocycles. The SMILES string of the molecule is CNCCNC(=O)Cc1ccccc1Br.Cl. The first-order valence-electron chi connectivity index (χ1n) is 4.88. The molecular weight excluding hydrogens is 291 g/mol. The third-order valence-corrected chi connectivity index (χ3v) is 2.78. The van der Waals surface area contributed by atoms with Gasteiger partial charge in [0.2, 0.25) is 5.91 Å². The van der Waals surface area contributed by atoms with Crippen LogP contribution in [0.15, 0.2) is 28.7 Å². The third kappa shape index (κ3) is 5.49. The molecular formula is C11H16BrClN2O. The minimum atomic E-state index is 0. The molecule has 16 heavy (non-hydrogen) atoms. The van der Waals surface area contributed by atoms with Crippen LogP contribution in [0.2, 0.25) is 0 Å². The van der Waals surface area contributed by atoms with E-state index in [1.807, 2.05) is 31.3 Å². The quantitative estimate of drug-likeness (QED) is 0.814. The van der Waals surface area contributed by atoms with Crippen LogP contribution < -0.4 is 10.6 Å². The van der Waals surface area contributed by atoms with Crippen LogP contribution in [-0.2, 0) is 11.2 Å². The number of benzene rings is 1. The largest absolute Gasteiger partial charge is 0.355 e. The summed E-state index contributed by atoms with van der Waals surface area (Å²) < 4.78 is 0.980. The molecule has 0 aromatic heterocycles. The van der Waals surface area contributed by atoms with Crippen molar-refractivity contribution in [1.82, 2.24) is 10.6 Å². The highest BCUT2D eigenvalue weighted by molar-refractivity contribution is 9.10. The van der Waals surface area contributed by atoms with Crippen LogP contribution in [-0.4, -0.2) is 26.0 Å². The van der Waals surface area contributed by atoms with Crippen LogP contribution >= 0.6 is 28.3 Å². The Morgan fingerprint density at radius 3 is 2.62 bits per heavy atom. The highest BCUT2D eigenvalue weighted by atomic mass is 79.9. The maximum atomic E-state index is 11.5. The Morgan fingerprint density at radius 1 is 1.31 bits per heavy atom. The van der Waals surface area contributed by atoms with Crippen molar-refractivity contribution in [2.45, 2.75) is 6.42 Å². The number of hydrogen-bond acceptors (Lipinski definition) is 2. The molecule has 2 N–H and O–H groups in total. The smallest absolute Gasteiger partial charge is 0.224 e. The van der Waals surface area contributed by atoms with E-state index in [4.69, 9.17) is 0 Å². The summed E-state index contributed by atoms with van der Waals surface area (Å²) in [5.74, 6) is 0.0529. The Kier molecular flexibility index (Phi) is 8.25. The maximum absolute atomic E-state index is 11.5. The number of likely N-dealkylation sites (N-methyl/N-ethyl adjacent to an activating group) is 1. The molecule has 0 bridgehead atoms. The fraction of sp³-hybridized carbons (Fsp3) is 0.364. The molecule has 1 aromatic rings. The van der Waals surface area contributed by atoms with Gasteiger partial charge in [-0.3, -0.25) is 4.79 Å². The fourth-order valence-corrected chi connectivity index (χ4v) is 1.63. The van der Waals surface area contributed by atoms with Crippen LogP contribution in [0.3, 0.4) is 0 Å². The lowest BCUT2D eigenvalue weighted by Crippen LogP contribution is -2.31. The van der Waals surface area contributed by atoms with Crippen molar-refractivity contribution >= 4 is 34.2 Å². The van der Waals surface area contributed by atoms with E-state index in [1.54, 1.807) is 0 Å². The van der Waals surface area contributed by atoms with E-state index in [0.29, 0.717) is 13.0 Å². The normalized spacial score (nSPS) is 9.38. The summed E-state index contributed by atoms with van der Waals surface area (Å²) in [6.07, 6.45) is 0.422. The van der Waals surface area contributed by atoms with Crippen molar-refractivity contribution in [3.63, 3.8) is 0 Å². The first-order chi connectivity index (χ1) is 7.24. The van der Waals surface area contributed by atoms with Crippen LogP contribution in [0, 0.1) is 0 Å². The van der Waals surface area contributed by atoms with E-state index < -0.39 is 0 Å². The van der Waals surface area contributed by atoms with Crippen molar-refractivity contribution in [2.24, 2.45) is 0 Å². The van der Waals surface area contributed by atoms with Gasteiger partial charge in [-0.2, -0.15) is 0 Å². The molecule has 0 aliphatic heterocycles. The van der Waals surface area contributed by atoms with E-state index in [9.17, 15) is 4.79 Å². The summed E-state index contributed by atoms with van der Waals surface area (Å²) in [7, 11) is 1.86. The Labute approximate surface area is 111 Å². The first-order valence-corrected chi connectivity index (χ1v) is 5.68. The molecule has 0 fully saturated rings. The highest BCUT2D eigenvalue weighted by Gasteiger charge is 2.04. The minimum absolute atomic E-state index is 0. The molecule has 0 saturated heterocycles. The van der Waals surface area contributed by atoms with E-state index >= 15 is 0 Å². The molecule has 0 unspecified atom stereocenters. The summed E-state index contributed by atoms with van der Waals surface area (Å²) in [6, 6.07) is 7.76. The second-order valence-electron chi connectivity index (χ2n) is 3.22. The molecule has 5 heteroatoms. The number of halogens is 2. The van der Waals surface area contributed by atoms with E-state index in [-0.39, 0.29) is 18.3 Å². The second-order valence-corrected chi connectivity index (χ2v) is 4.08. The average molecular weight is 308 g/mol. The number of nitrogens with one attached hydrogen (secondary N) is 2. The van der Waals surface area contributed by atoms with Crippen LogP contribution in [0.5, 0.6) is 0 Å². The zero-order valence-corrected chi connectivity index (χ0v) is 11.5. The molecule has 0 aliphatic carbocycles. The van der Waals surface area contributed by atoms with E-state index in [0.717, 1.165) is 16.6 Å². The molecule has 1 amide bonds. The fourth-order valence-electron chi connectivity index (χ4n) is 1.20. The van der Waals surface area contributed by atoms with Gasteiger partial charge in [0.15, 0.2) is 0 Å². The standard InChI is InChI=1S/C11H15BrN2O.ClH/c1-13-6-7-14-11(15)8-9-4-2-3-5-10(9)12;/h2-5,13H,6-8H2,1H3,(H,14,15);1H. The maximum Gasteiger partial charge on any atom is 0.224 e. The Morgan fingerprint density at radius 2 is 2.00 bits per heavy atom. The summed E-state index contributed by atoms with van der Waals surface area (Å²) in [4.78, 5) is 11.5. The van der Waals surface area contributed by atoms with Gasteiger partial charge in [0.1, 0.15) is 0 Å². The average Bonchev–Trinajstić information content (AvgIpc) is 2.22. The van der Waals surface area contributed by atoms with Crippen molar-refractivity contribution in [2.75, 3.05) is 20.1 Å². The number of carbonyl (C=O) groups excluding carboxylic acids is 1. The third-order valence-electron chi connectivity index (χ3n) is 2.01. The van der Waals surface area contributed by atoms with Crippen molar-refractivity contribution < 1.29 is 4.79 Å². The molecule has 1 aromatic carbocycles. The van der Waals surface area contributed by atoms with Crippen LogP contribution in [0.4, 0.5) is 0 Å². The molecule has 0 heterocycles.